The van der Waals surface area contributed by atoms with Crippen LogP contribution in [0, 0.1) is 10.1 Å². The van der Waals surface area contributed by atoms with Gasteiger partial charge >= 0.3 is 0 Å². The molecule has 1 aliphatic rings. The first-order valence-electron chi connectivity index (χ1n) is 6.88. The van der Waals surface area contributed by atoms with E-state index in [0.717, 1.165) is 32.4 Å². The number of carbonyl (C=O) groups is 2. The highest BCUT2D eigenvalue weighted by Crippen LogP contribution is 2.13. The quantitative estimate of drug-likeness (QED) is 0.669. The average Bonchev–Trinajstić information content (AvgIpc) is 2.53. The molecule has 1 fully saturated rings. The Morgan fingerprint density at radius 3 is 2.62 bits per heavy atom. The molecule has 7 nitrogen and oxygen atoms in total. The number of benzene rings is 1. The van der Waals surface area contributed by atoms with Gasteiger partial charge in [-0.2, -0.15) is 0 Å². The Hall–Kier alpha value is -2.44. The second-order valence-corrected chi connectivity index (χ2v) is 4.93. The fourth-order valence-corrected chi connectivity index (χ4v) is 2.27. The number of nitro benzene ring substituents is 1. The fraction of sp³-hybridized carbons (Fsp3) is 0.429. The number of nitrogens with zero attached hydrogens (tertiary/aromatic N) is 2. The summed E-state index contributed by atoms with van der Waals surface area (Å²) in [6.45, 7) is 1.37. The molecule has 0 spiro atoms. The van der Waals surface area contributed by atoms with Gasteiger partial charge < -0.3 is 10.2 Å². The maximum Gasteiger partial charge on any atom is 0.270 e. The van der Waals surface area contributed by atoms with E-state index in [2.05, 4.69) is 5.32 Å². The van der Waals surface area contributed by atoms with Crippen LogP contribution in [0.15, 0.2) is 24.3 Å². The highest BCUT2D eigenvalue weighted by atomic mass is 16.6. The third kappa shape index (κ3) is 4.01. The molecule has 0 radical (unpaired) electrons. The van der Waals surface area contributed by atoms with Crippen molar-refractivity contribution in [3.05, 3.63) is 39.9 Å². The Morgan fingerprint density at radius 1 is 1.24 bits per heavy atom. The first-order valence-corrected chi connectivity index (χ1v) is 6.88. The van der Waals surface area contributed by atoms with Gasteiger partial charge in [-0.05, 0) is 25.3 Å². The van der Waals surface area contributed by atoms with Gasteiger partial charge in [0, 0.05) is 30.8 Å². The van der Waals surface area contributed by atoms with Crippen LogP contribution < -0.4 is 5.32 Å². The predicted molar refractivity (Wildman–Crippen MR) is 75.9 cm³/mol. The number of non-ortho nitro benzene ring substituents is 1. The van der Waals surface area contributed by atoms with E-state index in [0.29, 0.717) is 0 Å². The molecular weight excluding hydrogens is 274 g/mol. The van der Waals surface area contributed by atoms with Crippen LogP contribution in [-0.2, 0) is 4.79 Å². The molecule has 1 heterocycles. The fourth-order valence-electron chi connectivity index (χ4n) is 2.27. The SMILES string of the molecule is O=C(NCC(=O)N1CCCCC1)c1cccc([N+](=O)[O-])c1. The van der Waals surface area contributed by atoms with Crippen LogP contribution in [0.1, 0.15) is 29.6 Å². The summed E-state index contributed by atoms with van der Waals surface area (Å²) in [5.74, 6) is -0.599. The van der Waals surface area contributed by atoms with Gasteiger partial charge in [-0.25, -0.2) is 0 Å². The monoisotopic (exact) mass is 291 g/mol. The number of hydrogen-bond donors (Lipinski definition) is 1. The number of likely N-dealkylation sites (tertiary alicyclic amines) is 1. The van der Waals surface area contributed by atoms with Crippen molar-refractivity contribution >= 4 is 17.5 Å². The molecule has 0 saturated carbocycles. The average molecular weight is 291 g/mol. The van der Waals surface area contributed by atoms with Gasteiger partial charge in [0.05, 0.1) is 11.5 Å². The highest BCUT2D eigenvalue weighted by Gasteiger charge is 2.18. The van der Waals surface area contributed by atoms with Crippen molar-refractivity contribution in [3.63, 3.8) is 0 Å². The second-order valence-electron chi connectivity index (χ2n) is 4.93. The van der Waals surface area contributed by atoms with Crippen LogP contribution in [0.3, 0.4) is 0 Å². The van der Waals surface area contributed by atoms with Crippen LogP contribution >= 0.6 is 0 Å². The molecule has 1 N–H and O–H groups in total. The largest absolute Gasteiger partial charge is 0.343 e. The van der Waals surface area contributed by atoms with Crippen LogP contribution in [0.25, 0.3) is 0 Å². The third-order valence-corrected chi connectivity index (χ3v) is 3.43. The summed E-state index contributed by atoms with van der Waals surface area (Å²) < 4.78 is 0. The molecule has 1 aliphatic heterocycles. The number of rotatable bonds is 4. The second kappa shape index (κ2) is 6.83. The Labute approximate surface area is 122 Å². The van der Waals surface area contributed by atoms with E-state index >= 15 is 0 Å². The number of nitrogens with one attached hydrogen (secondary N) is 1. The Balaban J connectivity index is 1.90. The van der Waals surface area contributed by atoms with Gasteiger partial charge in [0.2, 0.25) is 5.91 Å². The smallest absolute Gasteiger partial charge is 0.270 e. The molecular formula is C14H17N3O4. The summed E-state index contributed by atoms with van der Waals surface area (Å²) in [4.78, 5) is 35.6. The molecule has 2 rings (SSSR count). The molecule has 7 heteroatoms. The molecule has 0 atom stereocenters. The number of nitro groups is 1. The zero-order valence-corrected chi connectivity index (χ0v) is 11.6. The van der Waals surface area contributed by atoms with Gasteiger partial charge in [0.1, 0.15) is 0 Å². The summed E-state index contributed by atoms with van der Waals surface area (Å²) in [5.41, 5.74) is 0.0284. The van der Waals surface area contributed by atoms with Crippen LogP contribution in [-0.4, -0.2) is 41.3 Å². The van der Waals surface area contributed by atoms with Crippen molar-refractivity contribution in [2.75, 3.05) is 19.6 Å². The van der Waals surface area contributed by atoms with Gasteiger partial charge in [-0.1, -0.05) is 6.07 Å². The van der Waals surface area contributed by atoms with E-state index in [-0.39, 0.29) is 23.7 Å². The van der Waals surface area contributed by atoms with Gasteiger partial charge in [-0.3, -0.25) is 19.7 Å². The molecule has 0 aliphatic carbocycles. The first kappa shape index (κ1) is 15.0. The molecule has 1 aromatic rings. The normalized spacial score (nSPS) is 14.6. The molecule has 1 saturated heterocycles. The van der Waals surface area contributed by atoms with E-state index in [9.17, 15) is 19.7 Å². The molecule has 21 heavy (non-hydrogen) atoms. The lowest BCUT2D eigenvalue weighted by atomic mass is 10.1. The minimum atomic E-state index is -0.560. The topological polar surface area (TPSA) is 92.6 Å². The molecule has 2 amide bonds. The van der Waals surface area contributed by atoms with Gasteiger partial charge in [0.15, 0.2) is 0 Å². The molecule has 1 aromatic carbocycles. The highest BCUT2D eigenvalue weighted by molar-refractivity contribution is 5.96. The third-order valence-electron chi connectivity index (χ3n) is 3.43. The van der Waals surface area contributed by atoms with Crippen LogP contribution in [0.5, 0.6) is 0 Å². The van der Waals surface area contributed by atoms with Crippen molar-refractivity contribution < 1.29 is 14.5 Å². The van der Waals surface area contributed by atoms with E-state index in [4.69, 9.17) is 0 Å². The van der Waals surface area contributed by atoms with Crippen molar-refractivity contribution in [3.8, 4) is 0 Å². The van der Waals surface area contributed by atoms with E-state index < -0.39 is 10.8 Å². The Morgan fingerprint density at radius 2 is 1.95 bits per heavy atom. The molecule has 112 valence electrons. The summed E-state index contributed by atoms with van der Waals surface area (Å²) in [5, 5.41) is 13.2. The lowest BCUT2D eigenvalue weighted by Gasteiger charge is -2.26. The van der Waals surface area contributed by atoms with Gasteiger partial charge in [0.25, 0.3) is 11.6 Å². The summed E-state index contributed by atoms with van der Waals surface area (Å²) in [7, 11) is 0. The zero-order valence-electron chi connectivity index (χ0n) is 11.6. The van der Waals surface area contributed by atoms with E-state index in [1.54, 1.807) is 4.90 Å². The van der Waals surface area contributed by atoms with Crippen molar-refractivity contribution in [2.24, 2.45) is 0 Å². The summed E-state index contributed by atoms with van der Waals surface area (Å²) in [6, 6.07) is 5.43. The van der Waals surface area contributed by atoms with E-state index in [1.165, 1.54) is 24.3 Å². The number of piperidine rings is 1. The first-order chi connectivity index (χ1) is 10.1. The lowest BCUT2D eigenvalue weighted by molar-refractivity contribution is -0.384. The predicted octanol–water partition coefficient (Wildman–Crippen LogP) is 1.34. The summed E-state index contributed by atoms with van der Waals surface area (Å²) in [6.07, 6.45) is 3.11. The van der Waals surface area contributed by atoms with Gasteiger partial charge in [-0.15, -0.1) is 0 Å². The number of hydrogen-bond acceptors (Lipinski definition) is 4. The Bertz CT molecular complexity index is 553. The minimum Gasteiger partial charge on any atom is -0.343 e. The van der Waals surface area contributed by atoms with Crippen LogP contribution in [0.4, 0.5) is 5.69 Å². The van der Waals surface area contributed by atoms with Crippen LogP contribution in [0.2, 0.25) is 0 Å². The maximum atomic E-state index is 11.9. The summed E-state index contributed by atoms with van der Waals surface area (Å²) >= 11 is 0. The van der Waals surface area contributed by atoms with Crippen molar-refractivity contribution in [1.29, 1.82) is 0 Å². The lowest BCUT2D eigenvalue weighted by Crippen LogP contribution is -2.42. The van der Waals surface area contributed by atoms with Crippen molar-refractivity contribution in [1.82, 2.24) is 10.2 Å². The minimum absolute atomic E-state index is 0.0818. The zero-order chi connectivity index (χ0) is 15.2. The standard InChI is InChI=1S/C14H17N3O4/c18-13(16-7-2-1-3-8-16)10-15-14(19)11-5-4-6-12(9-11)17(20)21/h4-6,9H,1-3,7-8,10H2,(H,15,19). The maximum absolute atomic E-state index is 11.9. The number of amides is 2. The Kier molecular flexibility index (Phi) is 4.86. The molecule has 0 aromatic heterocycles. The van der Waals surface area contributed by atoms with E-state index in [1.807, 2.05) is 0 Å². The molecule has 0 bridgehead atoms. The van der Waals surface area contributed by atoms with Crippen molar-refractivity contribution in [2.45, 2.75) is 19.3 Å². The number of carbonyl (C=O) groups excluding carboxylic acids is 2. The molecule has 0 unspecified atom stereocenters.